The van der Waals surface area contributed by atoms with Crippen molar-refractivity contribution < 1.29 is 19.5 Å². The highest BCUT2D eigenvalue weighted by Gasteiger charge is 2.36. The van der Waals surface area contributed by atoms with Crippen LogP contribution in [-0.2, 0) is 24.2 Å². The Bertz CT molecular complexity index is 897. The van der Waals surface area contributed by atoms with Crippen molar-refractivity contribution in [1.82, 2.24) is 9.88 Å². The van der Waals surface area contributed by atoms with Gasteiger partial charge in [0.1, 0.15) is 11.7 Å². The standard InChI is InChI=1S/C20H22N2O4/c1-4-15-17(12(3)23)11(2)21-18(15)19(24)22-10-14-8-6-5-7-13(14)9-16(22)20(25)26/h5-8,16,21H,4,9-10H2,1-3H3,(H,25,26). The number of amides is 1. The first kappa shape index (κ1) is 17.9. The van der Waals surface area contributed by atoms with E-state index in [-0.39, 0.29) is 24.7 Å². The van der Waals surface area contributed by atoms with Crippen LogP contribution in [0, 0.1) is 6.92 Å². The highest BCUT2D eigenvalue weighted by Crippen LogP contribution is 2.28. The molecule has 1 aromatic carbocycles. The van der Waals surface area contributed by atoms with Crippen LogP contribution >= 0.6 is 0 Å². The van der Waals surface area contributed by atoms with E-state index in [1.807, 2.05) is 31.2 Å². The minimum absolute atomic E-state index is 0.103. The molecule has 2 N–H and O–H groups in total. The van der Waals surface area contributed by atoms with Gasteiger partial charge in [-0.1, -0.05) is 31.2 Å². The van der Waals surface area contributed by atoms with Gasteiger partial charge in [0, 0.05) is 24.2 Å². The number of nitrogens with zero attached hydrogens (tertiary/aromatic N) is 1. The lowest BCUT2D eigenvalue weighted by molar-refractivity contribution is -0.142. The molecule has 6 nitrogen and oxygen atoms in total. The van der Waals surface area contributed by atoms with Crippen LogP contribution in [0.25, 0.3) is 0 Å². The third kappa shape index (κ3) is 2.92. The second-order valence-electron chi connectivity index (χ2n) is 6.65. The van der Waals surface area contributed by atoms with Crippen LogP contribution in [0.4, 0.5) is 0 Å². The molecule has 6 heteroatoms. The Morgan fingerprint density at radius 3 is 2.46 bits per heavy atom. The molecule has 3 rings (SSSR count). The van der Waals surface area contributed by atoms with Gasteiger partial charge < -0.3 is 15.0 Å². The first-order valence-electron chi connectivity index (χ1n) is 8.68. The fraction of sp³-hybridized carbons (Fsp3) is 0.350. The average molecular weight is 354 g/mol. The maximum Gasteiger partial charge on any atom is 0.326 e. The molecule has 2 heterocycles. The number of aromatic nitrogens is 1. The molecule has 0 spiro atoms. The number of Topliss-reactive ketones (excluding diaryl/α,β-unsaturated/α-hetero) is 1. The molecule has 0 bridgehead atoms. The van der Waals surface area contributed by atoms with Crippen molar-refractivity contribution in [2.24, 2.45) is 0 Å². The van der Waals surface area contributed by atoms with Crippen molar-refractivity contribution in [1.29, 1.82) is 0 Å². The molecule has 0 aliphatic carbocycles. The van der Waals surface area contributed by atoms with Crippen LogP contribution in [0.2, 0.25) is 0 Å². The normalized spacial score (nSPS) is 16.3. The van der Waals surface area contributed by atoms with Crippen LogP contribution in [0.15, 0.2) is 24.3 Å². The first-order chi connectivity index (χ1) is 12.3. The Kier molecular flexibility index (Phi) is 4.68. The lowest BCUT2D eigenvalue weighted by Crippen LogP contribution is -2.49. The van der Waals surface area contributed by atoms with Gasteiger partial charge in [0.25, 0.3) is 5.91 Å². The Labute approximate surface area is 151 Å². The molecule has 2 aromatic rings. The van der Waals surface area contributed by atoms with E-state index in [1.54, 1.807) is 6.92 Å². The molecular formula is C20H22N2O4. The largest absolute Gasteiger partial charge is 0.480 e. The summed E-state index contributed by atoms with van der Waals surface area (Å²) in [6.45, 7) is 5.35. The van der Waals surface area contributed by atoms with Crippen LogP contribution in [0.5, 0.6) is 0 Å². The number of carboxylic acids is 1. The van der Waals surface area contributed by atoms with Crippen molar-refractivity contribution in [3.8, 4) is 0 Å². The molecule has 1 aliphatic rings. The zero-order chi connectivity index (χ0) is 19.0. The maximum atomic E-state index is 13.2. The lowest BCUT2D eigenvalue weighted by Gasteiger charge is -2.34. The highest BCUT2D eigenvalue weighted by molar-refractivity contribution is 6.03. The van der Waals surface area contributed by atoms with Gasteiger partial charge in [-0.15, -0.1) is 0 Å². The third-order valence-corrected chi connectivity index (χ3v) is 5.01. The summed E-state index contributed by atoms with van der Waals surface area (Å²) < 4.78 is 0. The molecule has 1 aliphatic heterocycles. The van der Waals surface area contributed by atoms with E-state index in [2.05, 4.69) is 4.98 Å². The number of aromatic amines is 1. The lowest BCUT2D eigenvalue weighted by atomic mass is 9.93. The van der Waals surface area contributed by atoms with Crippen LogP contribution in [0.3, 0.4) is 0 Å². The van der Waals surface area contributed by atoms with Gasteiger partial charge in [0.15, 0.2) is 5.78 Å². The van der Waals surface area contributed by atoms with Gasteiger partial charge in [-0.05, 0) is 37.0 Å². The second kappa shape index (κ2) is 6.78. The summed E-state index contributed by atoms with van der Waals surface area (Å²) >= 11 is 0. The van der Waals surface area contributed by atoms with Gasteiger partial charge in [-0.2, -0.15) is 0 Å². The molecule has 1 aromatic heterocycles. The van der Waals surface area contributed by atoms with E-state index >= 15 is 0 Å². The van der Waals surface area contributed by atoms with Crippen molar-refractivity contribution in [2.75, 3.05) is 0 Å². The number of hydrogen-bond donors (Lipinski definition) is 2. The van der Waals surface area contributed by atoms with Crippen molar-refractivity contribution in [3.05, 3.63) is 57.9 Å². The number of hydrogen-bond acceptors (Lipinski definition) is 3. The van der Waals surface area contributed by atoms with Crippen LogP contribution in [-0.4, -0.2) is 38.7 Å². The van der Waals surface area contributed by atoms with E-state index in [4.69, 9.17) is 0 Å². The van der Waals surface area contributed by atoms with Crippen molar-refractivity contribution >= 4 is 17.7 Å². The molecule has 136 valence electrons. The number of aryl methyl sites for hydroxylation is 1. The smallest absolute Gasteiger partial charge is 0.326 e. The summed E-state index contributed by atoms with van der Waals surface area (Å²) in [4.78, 5) is 41.4. The number of benzene rings is 1. The number of carbonyl (C=O) groups excluding carboxylic acids is 2. The molecular weight excluding hydrogens is 332 g/mol. The molecule has 1 amide bonds. The Morgan fingerprint density at radius 2 is 1.88 bits per heavy atom. The SMILES string of the molecule is CCc1c(C(=O)N2Cc3ccccc3CC2C(=O)O)[nH]c(C)c1C(C)=O. The summed E-state index contributed by atoms with van der Waals surface area (Å²) in [5, 5.41) is 9.65. The number of rotatable bonds is 4. The van der Waals surface area contributed by atoms with E-state index in [0.29, 0.717) is 28.9 Å². The minimum atomic E-state index is -1.03. The number of fused-ring (bicyclic) bond motifs is 1. The fourth-order valence-corrected chi connectivity index (χ4v) is 3.79. The molecule has 0 fully saturated rings. The van der Waals surface area contributed by atoms with Gasteiger partial charge in [0.05, 0.1) is 0 Å². The molecule has 0 saturated carbocycles. The molecule has 1 atom stereocenters. The molecule has 0 saturated heterocycles. The predicted molar refractivity (Wildman–Crippen MR) is 96.4 cm³/mol. The van der Waals surface area contributed by atoms with Gasteiger partial charge >= 0.3 is 5.97 Å². The summed E-state index contributed by atoms with van der Waals surface area (Å²) in [6.07, 6.45) is 0.792. The summed E-state index contributed by atoms with van der Waals surface area (Å²) in [7, 11) is 0. The van der Waals surface area contributed by atoms with Gasteiger partial charge in [-0.3, -0.25) is 9.59 Å². The number of carbonyl (C=O) groups is 3. The van der Waals surface area contributed by atoms with E-state index in [0.717, 1.165) is 11.1 Å². The highest BCUT2D eigenvalue weighted by atomic mass is 16.4. The van der Waals surface area contributed by atoms with Crippen molar-refractivity contribution in [2.45, 2.75) is 46.2 Å². The second-order valence-corrected chi connectivity index (χ2v) is 6.65. The van der Waals surface area contributed by atoms with Crippen molar-refractivity contribution in [3.63, 3.8) is 0 Å². The third-order valence-electron chi connectivity index (χ3n) is 5.01. The molecule has 1 unspecified atom stereocenters. The Morgan fingerprint density at radius 1 is 1.23 bits per heavy atom. The summed E-state index contributed by atoms with van der Waals surface area (Å²) in [5.74, 6) is -1.51. The Hall–Kier alpha value is -2.89. The topological polar surface area (TPSA) is 90.5 Å². The number of nitrogens with one attached hydrogen (secondary N) is 1. The molecule has 26 heavy (non-hydrogen) atoms. The van der Waals surface area contributed by atoms with Crippen LogP contribution in [0.1, 0.15) is 57.1 Å². The zero-order valence-electron chi connectivity index (χ0n) is 15.1. The van der Waals surface area contributed by atoms with E-state index < -0.39 is 12.0 Å². The van der Waals surface area contributed by atoms with E-state index in [9.17, 15) is 19.5 Å². The number of aliphatic carboxylic acids is 1. The molecule has 0 radical (unpaired) electrons. The quantitative estimate of drug-likeness (QED) is 0.826. The number of H-pyrrole nitrogens is 1. The van der Waals surface area contributed by atoms with Crippen LogP contribution < -0.4 is 0 Å². The van der Waals surface area contributed by atoms with Gasteiger partial charge in [0.2, 0.25) is 0 Å². The van der Waals surface area contributed by atoms with E-state index in [1.165, 1.54) is 11.8 Å². The minimum Gasteiger partial charge on any atom is -0.480 e. The number of ketones is 1. The zero-order valence-corrected chi connectivity index (χ0v) is 15.1. The maximum absolute atomic E-state index is 13.2. The summed E-state index contributed by atoms with van der Waals surface area (Å²) in [5.41, 5.74) is 4.05. The summed E-state index contributed by atoms with van der Waals surface area (Å²) in [6, 6.07) is 6.64. The predicted octanol–water partition coefficient (Wildman–Crippen LogP) is 2.74. The fourth-order valence-electron chi connectivity index (χ4n) is 3.79. The number of carboxylic acid groups (broad SMARTS) is 1. The average Bonchev–Trinajstić information content (AvgIpc) is 2.96. The Balaban J connectivity index is 2.05. The first-order valence-corrected chi connectivity index (χ1v) is 8.68. The monoisotopic (exact) mass is 354 g/mol. The van der Waals surface area contributed by atoms with Gasteiger partial charge in [-0.25, -0.2) is 4.79 Å².